The van der Waals surface area contributed by atoms with E-state index in [2.05, 4.69) is 19.2 Å². The molecule has 1 aliphatic rings. The highest BCUT2D eigenvalue weighted by Crippen LogP contribution is 2.18. The van der Waals surface area contributed by atoms with Crippen LogP contribution in [0.25, 0.3) is 0 Å². The summed E-state index contributed by atoms with van der Waals surface area (Å²) in [5, 5.41) is 3.48. The number of amides is 1. The second-order valence-corrected chi connectivity index (χ2v) is 6.99. The van der Waals surface area contributed by atoms with Crippen molar-refractivity contribution in [1.29, 1.82) is 0 Å². The third-order valence-electron chi connectivity index (χ3n) is 3.16. The van der Waals surface area contributed by atoms with E-state index in [1.54, 1.807) is 0 Å². The fraction of sp³-hybridized carbons (Fsp3) is 0.933. The van der Waals surface area contributed by atoms with E-state index in [-0.39, 0.29) is 6.09 Å². The Kier molecular flexibility index (Phi) is 6.11. The highest BCUT2D eigenvalue weighted by atomic mass is 16.6. The quantitative estimate of drug-likeness (QED) is 0.854. The Morgan fingerprint density at radius 2 is 2.11 bits per heavy atom. The molecule has 1 atom stereocenters. The Balaban J connectivity index is 2.35. The van der Waals surface area contributed by atoms with Crippen molar-refractivity contribution in [2.24, 2.45) is 11.8 Å². The predicted molar refractivity (Wildman–Crippen MR) is 78.2 cm³/mol. The summed E-state index contributed by atoms with van der Waals surface area (Å²) in [6.45, 7) is 13.8. The Hall–Kier alpha value is -0.770. The fourth-order valence-electron chi connectivity index (χ4n) is 2.30. The summed E-state index contributed by atoms with van der Waals surface area (Å²) in [6, 6.07) is 0. The number of ether oxygens (including phenoxy) is 1. The molecule has 0 spiro atoms. The first-order valence-corrected chi connectivity index (χ1v) is 7.46. The molecule has 112 valence electrons. The minimum Gasteiger partial charge on any atom is -0.444 e. The molecular weight excluding hydrogens is 240 g/mol. The van der Waals surface area contributed by atoms with Gasteiger partial charge in [0.15, 0.2) is 0 Å². The van der Waals surface area contributed by atoms with Crippen molar-refractivity contribution in [2.75, 3.05) is 26.2 Å². The zero-order valence-electron chi connectivity index (χ0n) is 13.2. The van der Waals surface area contributed by atoms with E-state index in [1.807, 2.05) is 25.7 Å². The van der Waals surface area contributed by atoms with E-state index < -0.39 is 5.60 Å². The average Bonchev–Trinajstić information content (AvgIpc) is 2.26. The molecule has 1 aliphatic heterocycles. The van der Waals surface area contributed by atoms with Crippen LogP contribution in [0.2, 0.25) is 0 Å². The molecule has 4 heteroatoms. The van der Waals surface area contributed by atoms with Crippen molar-refractivity contribution in [3.63, 3.8) is 0 Å². The molecule has 1 rings (SSSR count). The minimum atomic E-state index is -0.403. The number of carbonyl (C=O) groups is 1. The van der Waals surface area contributed by atoms with Gasteiger partial charge in [-0.2, -0.15) is 0 Å². The van der Waals surface area contributed by atoms with Crippen LogP contribution in [0.15, 0.2) is 0 Å². The third kappa shape index (κ3) is 6.81. The van der Waals surface area contributed by atoms with Gasteiger partial charge in [-0.15, -0.1) is 0 Å². The minimum absolute atomic E-state index is 0.166. The molecule has 1 fully saturated rings. The highest BCUT2D eigenvalue weighted by Gasteiger charge is 2.27. The van der Waals surface area contributed by atoms with Gasteiger partial charge in [0.2, 0.25) is 0 Å². The highest BCUT2D eigenvalue weighted by molar-refractivity contribution is 5.68. The van der Waals surface area contributed by atoms with Crippen LogP contribution >= 0.6 is 0 Å². The summed E-state index contributed by atoms with van der Waals surface area (Å²) in [6.07, 6.45) is 2.11. The van der Waals surface area contributed by atoms with Crippen LogP contribution in [-0.2, 0) is 4.74 Å². The van der Waals surface area contributed by atoms with Gasteiger partial charge in [0.05, 0.1) is 0 Å². The maximum atomic E-state index is 12.0. The molecule has 1 heterocycles. The van der Waals surface area contributed by atoms with Gasteiger partial charge in [0.25, 0.3) is 0 Å². The van der Waals surface area contributed by atoms with Gasteiger partial charge in [-0.25, -0.2) is 4.79 Å². The summed E-state index contributed by atoms with van der Waals surface area (Å²) in [5.74, 6) is 1.23. The molecule has 0 aromatic rings. The van der Waals surface area contributed by atoms with Gasteiger partial charge < -0.3 is 15.0 Å². The Morgan fingerprint density at radius 1 is 1.42 bits per heavy atom. The van der Waals surface area contributed by atoms with Crippen LogP contribution in [-0.4, -0.2) is 42.8 Å². The molecule has 1 amide bonds. The summed E-state index contributed by atoms with van der Waals surface area (Å²) in [5.41, 5.74) is -0.403. The molecule has 4 nitrogen and oxygen atoms in total. The van der Waals surface area contributed by atoms with Crippen LogP contribution in [0.5, 0.6) is 0 Å². The lowest BCUT2D eigenvalue weighted by atomic mass is 9.98. The molecule has 1 saturated heterocycles. The summed E-state index contributed by atoms with van der Waals surface area (Å²) in [7, 11) is 0. The smallest absolute Gasteiger partial charge is 0.410 e. The number of nitrogens with one attached hydrogen (secondary N) is 1. The third-order valence-corrected chi connectivity index (χ3v) is 3.16. The topological polar surface area (TPSA) is 41.6 Å². The summed E-state index contributed by atoms with van der Waals surface area (Å²) in [4.78, 5) is 13.9. The van der Waals surface area contributed by atoms with Crippen LogP contribution in [0.4, 0.5) is 4.79 Å². The fourth-order valence-corrected chi connectivity index (χ4v) is 2.30. The maximum absolute atomic E-state index is 12.0. The number of piperidine rings is 1. The number of likely N-dealkylation sites (tertiary alicyclic amines) is 1. The maximum Gasteiger partial charge on any atom is 0.410 e. The van der Waals surface area contributed by atoms with Crippen molar-refractivity contribution in [1.82, 2.24) is 10.2 Å². The van der Waals surface area contributed by atoms with Crippen LogP contribution < -0.4 is 5.32 Å². The SMILES string of the molecule is CC(C)CNCC1CCCN(C(=O)OC(C)(C)C)C1. The number of hydrogen-bond donors (Lipinski definition) is 1. The van der Waals surface area contributed by atoms with Crippen molar-refractivity contribution >= 4 is 6.09 Å². The van der Waals surface area contributed by atoms with E-state index >= 15 is 0 Å². The zero-order valence-corrected chi connectivity index (χ0v) is 13.2. The molecular formula is C15H30N2O2. The average molecular weight is 270 g/mol. The van der Waals surface area contributed by atoms with Crippen molar-refractivity contribution in [3.05, 3.63) is 0 Å². The standard InChI is InChI=1S/C15H30N2O2/c1-12(2)9-16-10-13-7-6-8-17(11-13)14(18)19-15(3,4)5/h12-13,16H,6-11H2,1-5H3. The lowest BCUT2D eigenvalue weighted by Gasteiger charge is -2.34. The van der Waals surface area contributed by atoms with E-state index in [0.29, 0.717) is 11.8 Å². The van der Waals surface area contributed by atoms with E-state index in [9.17, 15) is 4.79 Å². The van der Waals surface area contributed by atoms with E-state index in [4.69, 9.17) is 4.74 Å². The molecule has 0 radical (unpaired) electrons. The lowest BCUT2D eigenvalue weighted by Crippen LogP contribution is -2.45. The predicted octanol–water partition coefficient (Wildman–Crippen LogP) is 2.88. The second-order valence-electron chi connectivity index (χ2n) is 6.99. The Bertz CT molecular complexity index is 284. The van der Waals surface area contributed by atoms with Crippen LogP contribution in [0.1, 0.15) is 47.5 Å². The number of nitrogens with zero attached hydrogens (tertiary/aromatic N) is 1. The van der Waals surface area contributed by atoms with Gasteiger partial charge in [0.1, 0.15) is 5.60 Å². The summed E-state index contributed by atoms with van der Waals surface area (Å²) < 4.78 is 5.43. The second kappa shape index (κ2) is 7.13. The van der Waals surface area contributed by atoms with Crippen LogP contribution in [0.3, 0.4) is 0 Å². The zero-order chi connectivity index (χ0) is 14.5. The first kappa shape index (κ1) is 16.3. The largest absolute Gasteiger partial charge is 0.444 e. The van der Waals surface area contributed by atoms with Crippen LogP contribution in [0, 0.1) is 11.8 Å². The molecule has 19 heavy (non-hydrogen) atoms. The number of rotatable bonds is 4. The molecule has 0 aliphatic carbocycles. The van der Waals surface area contributed by atoms with Crippen molar-refractivity contribution < 1.29 is 9.53 Å². The van der Waals surface area contributed by atoms with Gasteiger partial charge in [0, 0.05) is 13.1 Å². The number of hydrogen-bond acceptors (Lipinski definition) is 3. The Labute approximate surface area is 117 Å². The van der Waals surface area contributed by atoms with Crippen molar-refractivity contribution in [3.8, 4) is 0 Å². The Morgan fingerprint density at radius 3 is 2.68 bits per heavy atom. The van der Waals surface area contributed by atoms with Gasteiger partial charge in [-0.3, -0.25) is 0 Å². The van der Waals surface area contributed by atoms with E-state index in [0.717, 1.165) is 32.6 Å². The number of carbonyl (C=O) groups excluding carboxylic acids is 1. The molecule has 1 unspecified atom stereocenters. The van der Waals surface area contributed by atoms with Crippen molar-refractivity contribution in [2.45, 2.75) is 53.1 Å². The summed E-state index contributed by atoms with van der Waals surface area (Å²) >= 11 is 0. The first-order valence-electron chi connectivity index (χ1n) is 7.46. The van der Waals surface area contributed by atoms with Gasteiger partial charge in [-0.05, 0) is 58.5 Å². The van der Waals surface area contributed by atoms with E-state index in [1.165, 1.54) is 6.42 Å². The molecule has 0 bridgehead atoms. The molecule has 0 aromatic carbocycles. The van der Waals surface area contributed by atoms with Gasteiger partial charge in [-0.1, -0.05) is 13.8 Å². The lowest BCUT2D eigenvalue weighted by molar-refractivity contribution is 0.0166. The molecule has 1 N–H and O–H groups in total. The van der Waals surface area contributed by atoms with Gasteiger partial charge >= 0.3 is 6.09 Å². The first-order chi connectivity index (χ1) is 8.78. The normalized spacial score (nSPS) is 20.7. The molecule has 0 saturated carbocycles. The molecule has 0 aromatic heterocycles. The monoisotopic (exact) mass is 270 g/mol.